The minimum atomic E-state index is -3.06. The van der Waals surface area contributed by atoms with Crippen molar-refractivity contribution in [2.45, 2.75) is 13.8 Å². The predicted octanol–water partition coefficient (Wildman–Crippen LogP) is 2.09. The summed E-state index contributed by atoms with van der Waals surface area (Å²) in [4.78, 5) is 0. The Morgan fingerprint density at radius 1 is 1.05 bits per heavy atom. The van der Waals surface area contributed by atoms with Gasteiger partial charge in [-0.2, -0.15) is 17.6 Å². The fourth-order valence-corrected chi connectivity index (χ4v) is 2.52. The van der Waals surface area contributed by atoms with Crippen molar-refractivity contribution >= 4 is 17.0 Å². The van der Waals surface area contributed by atoms with Gasteiger partial charge in [-0.3, -0.25) is 0 Å². The number of hydrogen-bond donors (Lipinski definition) is 1. The van der Waals surface area contributed by atoms with E-state index in [1.807, 2.05) is 0 Å². The number of quaternary nitrogens is 1. The third-order valence-electron chi connectivity index (χ3n) is 2.93. The quantitative estimate of drug-likeness (QED) is 0.401. The average molecular weight is 301 g/mol. The molecule has 0 bridgehead atoms. The van der Waals surface area contributed by atoms with E-state index in [0.717, 1.165) is 0 Å². The highest BCUT2D eigenvalue weighted by Gasteiger charge is 2.41. The molecule has 1 N–H and O–H groups in total. The van der Waals surface area contributed by atoms with Crippen LogP contribution in [0.15, 0.2) is 0 Å². The highest BCUT2D eigenvalue weighted by molar-refractivity contribution is 7.78. The Hall–Kier alpha value is -1.19. The van der Waals surface area contributed by atoms with Crippen molar-refractivity contribution in [2.75, 3.05) is 13.1 Å². The molecule has 0 saturated heterocycles. The van der Waals surface area contributed by atoms with Gasteiger partial charge in [0.2, 0.25) is 29.0 Å². The molecule has 1 atom stereocenters. The zero-order valence-corrected chi connectivity index (χ0v) is 10.9. The first-order chi connectivity index (χ1) is 8.74. The third-order valence-corrected chi connectivity index (χ3v) is 4.20. The second-order valence-electron chi connectivity index (χ2n) is 3.69. The first kappa shape index (κ1) is 15.9. The second kappa shape index (κ2) is 5.43. The molecule has 1 rings (SSSR count). The van der Waals surface area contributed by atoms with E-state index in [2.05, 4.69) is 0 Å². The Balaban J connectivity index is 3.81. The lowest BCUT2D eigenvalue weighted by molar-refractivity contribution is 0.331. The first-order valence-electron chi connectivity index (χ1n) is 5.27. The Morgan fingerprint density at radius 2 is 1.42 bits per heavy atom. The molecule has 1 aromatic rings. The van der Waals surface area contributed by atoms with Gasteiger partial charge in [-0.25, -0.2) is 8.10 Å². The SMILES string of the molecule is CC[N+](CC)(c1c(F)c(F)c(O)c(F)c1F)S(=O)[O-]. The van der Waals surface area contributed by atoms with Crippen LogP contribution < -0.4 is 3.89 Å². The summed E-state index contributed by atoms with van der Waals surface area (Å²) in [6.45, 7) is 1.90. The van der Waals surface area contributed by atoms with Crippen molar-refractivity contribution in [3.8, 4) is 5.75 Å². The zero-order valence-electron chi connectivity index (χ0n) is 10.0. The number of halogens is 4. The van der Waals surface area contributed by atoms with Crippen LogP contribution in [0.5, 0.6) is 5.75 Å². The average Bonchev–Trinajstić information content (AvgIpc) is 2.39. The number of phenols is 1. The molecule has 0 spiro atoms. The van der Waals surface area contributed by atoms with Gasteiger partial charge in [0.05, 0.1) is 13.1 Å². The highest BCUT2D eigenvalue weighted by Crippen LogP contribution is 2.38. The molecule has 19 heavy (non-hydrogen) atoms. The fraction of sp³-hybridized carbons (Fsp3) is 0.400. The largest absolute Gasteiger partial charge is 0.724 e. The summed E-state index contributed by atoms with van der Waals surface area (Å²) in [5.74, 6) is -9.72. The van der Waals surface area contributed by atoms with Crippen LogP contribution in [0.3, 0.4) is 0 Å². The minimum absolute atomic E-state index is 0.343. The molecule has 0 amide bonds. The number of benzene rings is 1. The molecule has 0 fully saturated rings. The standard InChI is InChI=1S/C10H11F4NO3S/c1-3-15(4-2,19(17)18)9-5(11)7(13)10(16)8(14)6(9)12/h3-4H2,1-2H3,(H-,16,17,18). The number of aromatic hydroxyl groups is 1. The van der Waals surface area contributed by atoms with Gasteiger partial charge < -0.3 is 9.66 Å². The van der Waals surface area contributed by atoms with E-state index in [1.165, 1.54) is 13.8 Å². The first-order valence-corrected chi connectivity index (χ1v) is 6.30. The lowest BCUT2D eigenvalue weighted by Crippen LogP contribution is -2.51. The van der Waals surface area contributed by atoms with Gasteiger partial charge in [0, 0.05) is 0 Å². The molecular weight excluding hydrogens is 290 g/mol. The summed E-state index contributed by atoms with van der Waals surface area (Å²) in [6, 6.07) is 0. The van der Waals surface area contributed by atoms with Crippen LogP contribution in [-0.4, -0.2) is 27.0 Å². The number of phenolic OH excluding ortho intramolecular Hbond substituents is 1. The maximum atomic E-state index is 13.7. The summed E-state index contributed by atoms with van der Waals surface area (Å²) >= 11 is -3.06. The van der Waals surface area contributed by atoms with E-state index < -0.39 is 49.9 Å². The summed E-state index contributed by atoms with van der Waals surface area (Å²) in [7, 11) is 0. The topological polar surface area (TPSA) is 60.4 Å². The van der Waals surface area contributed by atoms with Crippen LogP contribution >= 0.6 is 0 Å². The van der Waals surface area contributed by atoms with Crippen molar-refractivity contribution in [2.24, 2.45) is 0 Å². The second-order valence-corrected chi connectivity index (χ2v) is 4.83. The molecule has 0 radical (unpaired) electrons. The fourth-order valence-electron chi connectivity index (χ4n) is 1.79. The van der Waals surface area contributed by atoms with Crippen molar-refractivity contribution in [1.82, 2.24) is 3.89 Å². The van der Waals surface area contributed by atoms with E-state index in [4.69, 9.17) is 5.11 Å². The van der Waals surface area contributed by atoms with Crippen LogP contribution in [0.25, 0.3) is 0 Å². The molecule has 4 nitrogen and oxygen atoms in total. The van der Waals surface area contributed by atoms with Gasteiger partial charge in [0.25, 0.3) is 0 Å². The number of rotatable bonds is 4. The maximum Gasteiger partial charge on any atom is 0.227 e. The molecule has 108 valence electrons. The van der Waals surface area contributed by atoms with Gasteiger partial charge in [-0.15, -0.1) is 0 Å². The van der Waals surface area contributed by atoms with Crippen molar-refractivity contribution in [3.63, 3.8) is 0 Å². The number of hydrogen-bond acceptors (Lipinski definition) is 3. The normalized spacial score (nSPS) is 13.6. The summed E-state index contributed by atoms with van der Waals surface area (Å²) < 4.78 is 75.0. The van der Waals surface area contributed by atoms with Gasteiger partial charge in [0.1, 0.15) is 0 Å². The summed E-state index contributed by atoms with van der Waals surface area (Å²) in [5, 5.41) is 8.85. The van der Waals surface area contributed by atoms with E-state index >= 15 is 0 Å². The molecule has 1 unspecified atom stereocenters. The Morgan fingerprint density at radius 3 is 1.68 bits per heavy atom. The van der Waals surface area contributed by atoms with Crippen LogP contribution in [0.1, 0.15) is 13.8 Å². The Labute approximate surface area is 109 Å². The molecule has 1 aromatic carbocycles. The maximum absolute atomic E-state index is 13.7. The Kier molecular flexibility index (Phi) is 4.54. The summed E-state index contributed by atoms with van der Waals surface area (Å²) in [6.07, 6.45) is 0. The summed E-state index contributed by atoms with van der Waals surface area (Å²) in [5.41, 5.74) is -1.29. The highest BCUT2D eigenvalue weighted by atomic mass is 32.2. The monoisotopic (exact) mass is 301 g/mol. The zero-order chi connectivity index (χ0) is 15.0. The van der Waals surface area contributed by atoms with Gasteiger partial charge in [0.15, 0.2) is 17.0 Å². The molecule has 0 aliphatic carbocycles. The van der Waals surface area contributed by atoms with Crippen molar-refractivity contribution in [3.05, 3.63) is 23.3 Å². The molecule has 0 saturated carbocycles. The van der Waals surface area contributed by atoms with Gasteiger partial charge in [-0.1, -0.05) is 0 Å². The van der Waals surface area contributed by atoms with Gasteiger partial charge in [-0.05, 0) is 13.8 Å². The van der Waals surface area contributed by atoms with E-state index in [-0.39, 0.29) is 13.1 Å². The molecular formula is C10H11F4NO3S. The molecule has 9 heteroatoms. The molecule has 0 aliphatic heterocycles. The van der Waals surface area contributed by atoms with Crippen molar-refractivity contribution in [1.29, 1.82) is 0 Å². The van der Waals surface area contributed by atoms with E-state index in [1.54, 1.807) is 0 Å². The van der Waals surface area contributed by atoms with E-state index in [0.29, 0.717) is 0 Å². The lowest BCUT2D eigenvalue weighted by Gasteiger charge is -2.36. The van der Waals surface area contributed by atoms with Crippen LogP contribution in [0.4, 0.5) is 23.2 Å². The van der Waals surface area contributed by atoms with Gasteiger partial charge >= 0.3 is 0 Å². The smallest absolute Gasteiger partial charge is 0.227 e. The van der Waals surface area contributed by atoms with Crippen LogP contribution in [0.2, 0.25) is 0 Å². The van der Waals surface area contributed by atoms with Crippen LogP contribution in [0, 0.1) is 23.3 Å². The number of nitrogens with zero attached hydrogens (tertiary/aromatic N) is 1. The predicted molar refractivity (Wildman–Crippen MR) is 59.7 cm³/mol. The third kappa shape index (κ3) is 2.21. The molecule has 0 aromatic heterocycles. The molecule has 0 heterocycles. The minimum Gasteiger partial charge on any atom is -0.724 e. The van der Waals surface area contributed by atoms with E-state index in [9.17, 15) is 26.3 Å². The lowest BCUT2D eigenvalue weighted by atomic mass is 10.2. The van der Waals surface area contributed by atoms with Crippen LogP contribution in [-0.2, 0) is 11.3 Å². The van der Waals surface area contributed by atoms with Crippen molar-refractivity contribution < 1.29 is 31.4 Å². The Bertz CT molecular complexity index is 505. The molecule has 0 aliphatic rings.